The fourth-order valence-corrected chi connectivity index (χ4v) is 2.31. The van der Waals surface area contributed by atoms with Gasteiger partial charge in [0.1, 0.15) is 0 Å². The molecule has 0 atom stereocenters. The van der Waals surface area contributed by atoms with E-state index >= 15 is 0 Å². The van der Waals surface area contributed by atoms with E-state index in [1.807, 2.05) is 23.7 Å². The predicted molar refractivity (Wildman–Crippen MR) is 61.6 cm³/mol. The lowest BCUT2D eigenvalue weighted by atomic mass is 10.3. The first-order valence-corrected chi connectivity index (χ1v) is 5.63. The Bertz CT molecular complexity index is 387. The van der Waals surface area contributed by atoms with Crippen molar-refractivity contribution >= 4 is 21.4 Å². The molecule has 0 unspecified atom stereocenters. The Kier molecular flexibility index (Phi) is 2.79. The molecule has 0 radical (unpaired) electrons. The molecule has 2 rings (SSSR count). The summed E-state index contributed by atoms with van der Waals surface area (Å²) < 4.78 is 1.32. The molecule has 2 nitrogen and oxygen atoms in total. The minimum Gasteiger partial charge on any atom is -0.310 e. The second kappa shape index (κ2) is 4.07. The van der Waals surface area contributed by atoms with Crippen LogP contribution in [0.5, 0.6) is 0 Å². The number of hydrogen-bond donors (Lipinski definition) is 1. The SMILES string of the molecule is CC(C)NCc1cc2cnccc2s1. The number of fused-ring (bicyclic) bond motifs is 1. The molecule has 3 heteroatoms. The van der Waals surface area contributed by atoms with Crippen LogP contribution in [0.2, 0.25) is 0 Å². The lowest BCUT2D eigenvalue weighted by Crippen LogP contribution is -2.21. The first-order chi connectivity index (χ1) is 6.75. The van der Waals surface area contributed by atoms with Crippen molar-refractivity contribution < 1.29 is 0 Å². The largest absolute Gasteiger partial charge is 0.310 e. The van der Waals surface area contributed by atoms with Gasteiger partial charge in [0.2, 0.25) is 0 Å². The van der Waals surface area contributed by atoms with Gasteiger partial charge in [-0.05, 0) is 12.1 Å². The molecule has 1 N–H and O–H groups in total. The van der Waals surface area contributed by atoms with Crippen molar-refractivity contribution in [3.8, 4) is 0 Å². The smallest absolute Gasteiger partial charge is 0.0376 e. The highest BCUT2D eigenvalue weighted by Crippen LogP contribution is 2.24. The van der Waals surface area contributed by atoms with Crippen LogP contribution in [0.25, 0.3) is 10.1 Å². The molecule has 14 heavy (non-hydrogen) atoms. The van der Waals surface area contributed by atoms with E-state index in [1.54, 1.807) is 0 Å². The topological polar surface area (TPSA) is 24.9 Å². The van der Waals surface area contributed by atoms with Gasteiger partial charge in [-0.3, -0.25) is 4.98 Å². The van der Waals surface area contributed by atoms with Crippen LogP contribution in [0.4, 0.5) is 0 Å². The van der Waals surface area contributed by atoms with Crippen molar-refractivity contribution in [1.29, 1.82) is 0 Å². The fraction of sp³-hybridized carbons (Fsp3) is 0.364. The van der Waals surface area contributed by atoms with Gasteiger partial charge in [0.05, 0.1) is 0 Å². The van der Waals surface area contributed by atoms with Gasteiger partial charge in [0.15, 0.2) is 0 Å². The Hall–Kier alpha value is -0.930. The molecule has 0 amide bonds. The maximum atomic E-state index is 4.11. The average molecular weight is 206 g/mol. The zero-order chi connectivity index (χ0) is 9.97. The first kappa shape index (κ1) is 9.62. The summed E-state index contributed by atoms with van der Waals surface area (Å²) in [6.45, 7) is 5.28. The molecule has 2 heterocycles. The molecule has 0 spiro atoms. The summed E-state index contributed by atoms with van der Waals surface area (Å²) in [4.78, 5) is 5.48. The molecule has 0 aliphatic carbocycles. The number of thiophene rings is 1. The lowest BCUT2D eigenvalue weighted by Gasteiger charge is -2.04. The van der Waals surface area contributed by atoms with Gasteiger partial charge in [-0.15, -0.1) is 11.3 Å². The summed E-state index contributed by atoms with van der Waals surface area (Å²) in [5.74, 6) is 0. The van der Waals surface area contributed by atoms with Crippen molar-refractivity contribution in [1.82, 2.24) is 10.3 Å². The van der Waals surface area contributed by atoms with Crippen LogP contribution in [0, 0.1) is 0 Å². The summed E-state index contributed by atoms with van der Waals surface area (Å²) in [5, 5.41) is 4.66. The van der Waals surface area contributed by atoms with Crippen LogP contribution in [0.1, 0.15) is 18.7 Å². The molecule has 0 fully saturated rings. The Balaban J connectivity index is 2.19. The molecule has 0 saturated carbocycles. The van der Waals surface area contributed by atoms with Gasteiger partial charge in [0.25, 0.3) is 0 Å². The molecule has 2 aromatic rings. The summed E-state index contributed by atoms with van der Waals surface area (Å²) in [6, 6.07) is 4.82. The quantitative estimate of drug-likeness (QED) is 0.835. The van der Waals surface area contributed by atoms with Crippen molar-refractivity contribution in [3.05, 3.63) is 29.4 Å². The highest BCUT2D eigenvalue weighted by molar-refractivity contribution is 7.19. The van der Waals surface area contributed by atoms with Crippen LogP contribution < -0.4 is 5.32 Å². The third-order valence-corrected chi connectivity index (χ3v) is 3.17. The van der Waals surface area contributed by atoms with E-state index in [4.69, 9.17) is 0 Å². The summed E-state index contributed by atoms with van der Waals surface area (Å²) >= 11 is 1.84. The van der Waals surface area contributed by atoms with Crippen molar-refractivity contribution in [2.45, 2.75) is 26.4 Å². The molecule has 2 aromatic heterocycles. The molecule has 0 bridgehead atoms. The van der Waals surface area contributed by atoms with Gasteiger partial charge in [-0.2, -0.15) is 0 Å². The van der Waals surface area contributed by atoms with Crippen LogP contribution in [-0.2, 0) is 6.54 Å². The number of nitrogens with one attached hydrogen (secondary N) is 1. The highest BCUT2D eigenvalue weighted by atomic mass is 32.1. The zero-order valence-electron chi connectivity index (χ0n) is 8.45. The van der Waals surface area contributed by atoms with Crippen molar-refractivity contribution in [2.24, 2.45) is 0 Å². The van der Waals surface area contributed by atoms with E-state index in [1.165, 1.54) is 15.0 Å². The van der Waals surface area contributed by atoms with E-state index in [2.05, 4.69) is 36.3 Å². The molecule has 0 aliphatic heterocycles. The maximum Gasteiger partial charge on any atom is 0.0376 e. The number of hydrogen-bond acceptors (Lipinski definition) is 3. The summed E-state index contributed by atoms with van der Waals surface area (Å²) in [6.07, 6.45) is 3.77. The highest BCUT2D eigenvalue weighted by Gasteiger charge is 2.01. The third kappa shape index (κ3) is 2.11. The Morgan fingerprint density at radius 2 is 2.36 bits per heavy atom. The van der Waals surface area contributed by atoms with E-state index in [-0.39, 0.29) is 0 Å². The second-order valence-corrected chi connectivity index (χ2v) is 4.83. The van der Waals surface area contributed by atoms with Crippen LogP contribution >= 0.6 is 11.3 Å². The minimum absolute atomic E-state index is 0.540. The Labute approximate surface area is 88.0 Å². The van der Waals surface area contributed by atoms with E-state index in [9.17, 15) is 0 Å². The third-order valence-electron chi connectivity index (χ3n) is 2.05. The van der Waals surface area contributed by atoms with Gasteiger partial charge < -0.3 is 5.32 Å². The molecule has 0 aliphatic rings. The maximum absolute atomic E-state index is 4.11. The molecule has 0 saturated heterocycles. The summed E-state index contributed by atoms with van der Waals surface area (Å²) in [5.41, 5.74) is 0. The lowest BCUT2D eigenvalue weighted by molar-refractivity contribution is 0.593. The van der Waals surface area contributed by atoms with Gasteiger partial charge in [0, 0.05) is 39.9 Å². The number of pyridine rings is 1. The van der Waals surface area contributed by atoms with Crippen LogP contribution in [0.3, 0.4) is 0 Å². The van der Waals surface area contributed by atoms with Crippen LogP contribution in [-0.4, -0.2) is 11.0 Å². The Morgan fingerprint density at radius 3 is 3.07 bits per heavy atom. The Morgan fingerprint density at radius 1 is 1.50 bits per heavy atom. The minimum atomic E-state index is 0.540. The van der Waals surface area contributed by atoms with E-state index < -0.39 is 0 Å². The number of rotatable bonds is 3. The standard InChI is InChI=1S/C11H14N2S/c1-8(2)13-7-10-5-9-6-12-4-3-11(9)14-10/h3-6,8,13H,7H2,1-2H3. The second-order valence-electron chi connectivity index (χ2n) is 3.66. The van der Waals surface area contributed by atoms with Gasteiger partial charge >= 0.3 is 0 Å². The first-order valence-electron chi connectivity index (χ1n) is 4.81. The predicted octanol–water partition coefficient (Wildman–Crippen LogP) is 2.79. The fourth-order valence-electron chi connectivity index (χ4n) is 1.33. The van der Waals surface area contributed by atoms with Crippen LogP contribution in [0.15, 0.2) is 24.5 Å². The number of aromatic nitrogens is 1. The molecular formula is C11H14N2S. The summed E-state index contributed by atoms with van der Waals surface area (Å²) in [7, 11) is 0. The van der Waals surface area contributed by atoms with E-state index in [0.29, 0.717) is 6.04 Å². The van der Waals surface area contributed by atoms with Gasteiger partial charge in [-0.1, -0.05) is 13.8 Å². The number of nitrogens with zero attached hydrogens (tertiary/aromatic N) is 1. The van der Waals surface area contributed by atoms with Gasteiger partial charge in [-0.25, -0.2) is 0 Å². The average Bonchev–Trinajstić information content (AvgIpc) is 2.57. The molecule has 74 valence electrons. The molecule has 0 aromatic carbocycles. The van der Waals surface area contributed by atoms with Crippen molar-refractivity contribution in [3.63, 3.8) is 0 Å². The zero-order valence-corrected chi connectivity index (χ0v) is 9.27. The van der Waals surface area contributed by atoms with E-state index in [0.717, 1.165) is 6.54 Å². The monoisotopic (exact) mass is 206 g/mol. The molecular weight excluding hydrogens is 192 g/mol. The normalized spacial score (nSPS) is 11.4. The van der Waals surface area contributed by atoms with Crippen molar-refractivity contribution in [2.75, 3.05) is 0 Å².